The van der Waals surface area contributed by atoms with E-state index in [0.717, 1.165) is 12.8 Å². The number of piperidine rings is 1. The van der Waals surface area contributed by atoms with Gasteiger partial charge >= 0.3 is 6.03 Å². The van der Waals surface area contributed by atoms with Gasteiger partial charge in [-0.25, -0.2) is 4.79 Å². The van der Waals surface area contributed by atoms with Gasteiger partial charge in [0, 0.05) is 37.3 Å². The number of ether oxygens (including phenoxy) is 1. The van der Waals surface area contributed by atoms with E-state index in [0.29, 0.717) is 30.9 Å². The molecule has 0 spiro atoms. The van der Waals surface area contributed by atoms with E-state index in [1.807, 2.05) is 25.1 Å². The Morgan fingerprint density at radius 2 is 2.23 bits per heavy atom. The summed E-state index contributed by atoms with van der Waals surface area (Å²) in [5.41, 5.74) is 0.698. The zero-order chi connectivity index (χ0) is 15.9. The van der Waals surface area contributed by atoms with Crippen LogP contribution in [0.25, 0.3) is 0 Å². The lowest BCUT2D eigenvalue weighted by Crippen LogP contribution is -2.50. The monoisotopic (exact) mass is 305 g/mol. The highest BCUT2D eigenvalue weighted by molar-refractivity contribution is 5.89. The van der Waals surface area contributed by atoms with Gasteiger partial charge in [0.25, 0.3) is 0 Å². The molecule has 1 heterocycles. The summed E-state index contributed by atoms with van der Waals surface area (Å²) in [6.07, 6.45) is 2.27. The van der Waals surface area contributed by atoms with Crippen molar-refractivity contribution >= 4 is 17.6 Å². The fourth-order valence-corrected chi connectivity index (χ4v) is 2.51. The van der Waals surface area contributed by atoms with Gasteiger partial charge in [-0.3, -0.25) is 4.79 Å². The fraction of sp³-hybridized carbons (Fsp3) is 0.500. The van der Waals surface area contributed by atoms with Gasteiger partial charge in [-0.2, -0.15) is 0 Å². The summed E-state index contributed by atoms with van der Waals surface area (Å²) in [4.78, 5) is 25.5. The minimum Gasteiger partial charge on any atom is -0.497 e. The van der Waals surface area contributed by atoms with Gasteiger partial charge in [0.05, 0.1) is 7.11 Å². The first-order valence-corrected chi connectivity index (χ1v) is 7.61. The van der Waals surface area contributed by atoms with Crippen molar-refractivity contribution in [3.05, 3.63) is 24.3 Å². The van der Waals surface area contributed by atoms with E-state index in [1.165, 1.54) is 0 Å². The number of anilines is 1. The molecule has 1 aliphatic heterocycles. The predicted octanol–water partition coefficient (Wildman–Crippen LogP) is 2.22. The molecule has 0 aromatic heterocycles. The molecule has 6 heteroatoms. The van der Waals surface area contributed by atoms with Gasteiger partial charge < -0.3 is 20.3 Å². The number of amides is 3. The third-order valence-corrected chi connectivity index (χ3v) is 3.72. The van der Waals surface area contributed by atoms with Crippen molar-refractivity contribution in [3.63, 3.8) is 0 Å². The van der Waals surface area contributed by atoms with Crippen molar-refractivity contribution in [1.82, 2.24) is 10.2 Å². The predicted molar refractivity (Wildman–Crippen MR) is 85.0 cm³/mol. The van der Waals surface area contributed by atoms with Crippen molar-refractivity contribution in [2.45, 2.75) is 32.2 Å². The lowest BCUT2D eigenvalue weighted by atomic mass is 10.1. The smallest absolute Gasteiger partial charge is 0.321 e. The summed E-state index contributed by atoms with van der Waals surface area (Å²) in [6.45, 7) is 3.07. The van der Waals surface area contributed by atoms with Crippen molar-refractivity contribution in [1.29, 1.82) is 0 Å². The second-order valence-corrected chi connectivity index (χ2v) is 5.37. The average molecular weight is 305 g/mol. The SMILES string of the molecule is CCC(=O)N[C@@H]1CCCN(C(=O)Nc2cccc(OC)c2)C1. The Bertz CT molecular complexity index is 533. The number of carbonyl (C=O) groups is 2. The molecule has 22 heavy (non-hydrogen) atoms. The highest BCUT2D eigenvalue weighted by Gasteiger charge is 2.24. The molecule has 6 nitrogen and oxygen atoms in total. The molecule has 1 aliphatic rings. The van der Waals surface area contributed by atoms with Crippen molar-refractivity contribution in [2.75, 3.05) is 25.5 Å². The molecular formula is C16H23N3O3. The summed E-state index contributed by atoms with van der Waals surface area (Å²) < 4.78 is 5.14. The minimum atomic E-state index is -0.149. The zero-order valence-corrected chi connectivity index (χ0v) is 13.1. The first kappa shape index (κ1) is 16.1. The molecule has 1 saturated heterocycles. The van der Waals surface area contributed by atoms with Gasteiger partial charge in [-0.1, -0.05) is 13.0 Å². The van der Waals surface area contributed by atoms with E-state index in [1.54, 1.807) is 18.1 Å². The van der Waals surface area contributed by atoms with Crippen LogP contribution in [0, 0.1) is 0 Å². The molecule has 2 rings (SSSR count). The summed E-state index contributed by atoms with van der Waals surface area (Å²) in [5.74, 6) is 0.726. The van der Waals surface area contributed by atoms with E-state index in [2.05, 4.69) is 10.6 Å². The highest BCUT2D eigenvalue weighted by Crippen LogP contribution is 2.18. The maximum Gasteiger partial charge on any atom is 0.321 e. The Balaban J connectivity index is 1.92. The third-order valence-electron chi connectivity index (χ3n) is 3.72. The lowest BCUT2D eigenvalue weighted by molar-refractivity contribution is -0.121. The second kappa shape index (κ2) is 7.68. The van der Waals surface area contributed by atoms with Crippen LogP contribution in [-0.2, 0) is 4.79 Å². The first-order valence-electron chi connectivity index (χ1n) is 7.61. The van der Waals surface area contributed by atoms with Crippen molar-refractivity contribution in [3.8, 4) is 5.75 Å². The minimum absolute atomic E-state index is 0.0278. The third kappa shape index (κ3) is 4.38. The molecule has 2 N–H and O–H groups in total. The number of hydrogen-bond acceptors (Lipinski definition) is 3. The van der Waals surface area contributed by atoms with Gasteiger partial charge in [0.1, 0.15) is 5.75 Å². The van der Waals surface area contributed by atoms with Crippen LogP contribution in [0.5, 0.6) is 5.75 Å². The maximum absolute atomic E-state index is 12.3. The number of benzene rings is 1. The van der Waals surface area contributed by atoms with Crippen LogP contribution in [0.3, 0.4) is 0 Å². The number of nitrogens with zero attached hydrogens (tertiary/aromatic N) is 1. The largest absolute Gasteiger partial charge is 0.497 e. The zero-order valence-electron chi connectivity index (χ0n) is 13.1. The maximum atomic E-state index is 12.3. The first-order chi connectivity index (χ1) is 10.6. The van der Waals surface area contributed by atoms with Crippen LogP contribution >= 0.6 is 0 Å². The lowest BCUT2D eigenvalue weighted by Gasteiger charge is -2.33. The molecule has 0 bridgehead atoms. The number of carbonyl (C=O) groups excluding carboxylic acids is 2. The molecule has 0 unspecified atom stereocenters. The second-order valence-electron chi connectivity index (χ2n) is 5.37. The van der Waals surface area contributed by atoms with Gasteiger partial charge in [0.2, 0.25) is 5.91 Å². The molecule has 0 saturated carbocycles. The molecule has 1 fully saturated rings. The van der Waals surface area contributed by atoms with Gasteiger partial charge in [-0.15, -0.1) is 0 Å². The average Bonchev–Trinajstić information content (AvgIpc) is 2.55. The number of rotatable bonds is 4. The summed E-state index contributed by atoms with van der Waals surface area (Å²) in [6, 6.07) is 7.14. The van der Waals surface area contributed by atoms with Crippen LogP contribution in [0.15, 0.2) is 24.3 Å². The number of likely N-dealkylation sites (tertiary alicyclic amines) is 1. The van der Waals surface area contributed by atoms with E-state index in [4.69, 9.17) is 4.74 Å². The molecule has 1 atom stereocenters. The van der Waals surface area contributed by atoms with Crippen molar-refractivity contribution < 1.29 is 14.3 Å². The van der Waals surface area contributed by atoms with Gasteiger partial charge in [-0.05, 0) is 25.0 Å². The molecule has 0 radical (unpaired) electrons. The van der Waals surface area contributed by atoms with Gasteiger partial charge in [0.15, 0.2) is 0 Å². The van der Waals surface area contributed by atoms with Crippen molar-refractivity contribution in [2.24, 2.45) is 0 Å². The van der Waals surface area contributed by atoms with Crippen LogP contribution in [0.1, 0.15) is 26.2 Å². The quantitative estimate of drug-likeness (QED) is 0.896. The number of methoxy groups -OCH3 is 1. The van der Waals surface area contributed by atoms with E-state index < -0.39 is 0 Å². The summed E-state index contributed by atoms with van der Waals surface area (Å²) in [7, 11) is 1.59. The Labute approximate surface area is 130 Å². The van der Waals surface area contributed by atoms with E-state index in [9.17, 15) is 9.59 Å². The molecule has 1 aromatic rings. The fourth-order valence-electron chi connectivity index (χ4n) is 2.51. The Hall–Kier alpha value is -2.24. The topological polar surface area (TPSA) is 70.7 Å². The molecule has 120 valence electrons. The summed E-state index contributed by atoms with van der Waals surface area (Å²) >= 11 is 0. The molecular weight excluding hydrogens is 282 g/mol. The number of nitrogens with one attached hydrogen (secondary N) is 2. The number of urea groups is 1. The van der Waals surface area contributed by atoms with Crippen LogP contribution in [0.4, 0.5) is 10.5 Å². The highest BCUT2D eigenvalue weighted by atomic mass is 16.5. The standard InChI is InChI=1S/C16H23N3O3/c1-3-15(20)17-13-7-5-9-19(11-13)16(21)18-12-6-4-8-14(10-12)22-2/h4,6,8,10,13H,3,5,7,9,11H2,1-2H3,(H,17,20)(H,18,21)/t13-/m1/s1. The molecule has 3 amide bonds. The van der Waals surface area contributed by atoms with Crippen LogP contribution in [-0.4, -0.2) is 43.1 Å². The van der Waals surface area contributed by atoms with Crippen LogP contribution in [0.2, 0.25) is 0 Å². The Morgan fingerprint density at radius 3 is 2.95 bits per heavy atom. The Kier molecular flexibility index (Phi) is 5.63. The molecule has 1 aromatic carbocycles. The number of hydrogen-bond donors (Lipinski definition) is 2. The normalized spacial score (nSPS) is 17.7. The van der Waals surface area contributed by atoms with E-state index >= 15 is 0 Å². The van der Waals surface area contributed by atoms with E-state index in [-0.39, 0.29) is 18.0 Å². The van der Waals surface area contributed by atoms with Crippen LogP contribution < -0.4 is 15.4 Å². The molecule has 0 aliphatic carbocycles. The Morgan fingerprint density at radius 1 is 1.41 bits per heavy atom. The summed E-state index contributed by atoms with van der Waals surface area (Å²) in [5, 5.41) is 5.82.